The zero-order valence-corrected chi connectivity index (χ0v) is 13.4. The average molecular weight is 319 g/mol. The molecule has 116 valence electrons. The zero-order valence-electron chi connectivity index (χ0n) is 12.6. The van der Waals surface area contributed by atoms with Gasteiger partial charge in [-0.3, -0.25) is 0 Å². The number of rotatable bonds is 5. The maximum absolute atomic E-state index is 12.1. The zero-order chi connectivity index (χ0) is 16.2. The molecule has 0 heterocycles. The fraction of sp³-hybridized carbons (Fsp3) is 0.188. The van der Waals surface area contributed by atoms with Gasteiger partial charge in [-0.1, -0.05) is 17.7 Å². The summed E-state index contributed by atoms with van der Waals surface area (Å²) in [7, 11) is -0.662. The third-order valence-corrected chi connectivity index (χ3v) is 4.32. The summed E-state index contributed by atoms with van der Waals surface area (Å²) in [6, 6.07) is 11.6. The molecule has 2 aromatic rings. The van der Waals surface area contributed by atoms with Gasteiger partial charge in [0, 0.05) is 6.21 Å². The lowest BCUT2D eigenvalue weighted by Gasteiger charge is -2.07. The summed E-state index contributed by atoms with van der Waals surface area (Å²) in [5.41, 5.74) is 1.59. The van der Waals surface area contributed by atoms with Crippen molar-refractivity contribution in [2.24, 2.45) is 4.40 Å². The Kier molecular flexibility index (Phi) is 4.82. The Morgan fingerprint density at radius 3 is 2.18 bits per heavy atom. The smallest absolute Gasteiger partial charge is 0.282 e. The first kappa shape index (κ1) is 16.0. The van der Waals surface area contributed by atoms with Gasteiger partial charge in [-0.25, -0.2) is 0 Å². The van der Waals surface area contributed by atoms with E-state index >= 15 is 0 Å². The predicted molar refractivity (Wildman–Crippen MR) is 85.5 cm³/mol. The second-order valence-corrected chi connectivity index (χ2v) is 6.27. The molecule has 0 saturated heterocycles. The lowest BCUT2D eigenvalue weighted by molar-refractivity contribution is 0.355. The number of aryl methyl sites for hydroxylation is 1. The van der Waals surface area contributed by atoms with Crippen LogP contribution in [0.5, 0.6) is 11.5 Å². The monoisotopic (exact) mass is 319 g/mol. The number of ether oxygens (including phenoxy) is 2. The highest BCUT2D eigenvalue weighted by Gasteiger charge is 2.11. The van der Waals surface area contributed by atoms with Crippen molar-refractivity contribution in [3.05, 3.63) is 53.6 Å². The van der Waals surface area contributed by atoms with Gasteiger partial charge >= 0.3 is 0 Å². The molecule has 0 fully saturated rings. The Labute approximate surface area is 130 Å². The molecule has 0 atom stereocenters. The Morgan fingerprint density at radius 2 is 1.59 bits per heavy atom. The van der Waals surface area contributed by atoms with Crippen LogP contribution >= 0.6 is 0 Å². The van der Waals surface area contributed by atoms with Gasteiger partial charge in [-0.15, -0.1) is 0 Å². The summed E-state index contributed by atoms with van der Waals surface area (Å²) in [6.45, 7) is 1.89. The van der Waals surface area contributed by atoms with Crippen LogP contribution < -0.4 is 9.47 Å². The van der Waals surface area contributed by atoms with Gasteiger partial charge < -0.3 is 9.47 Å². The molecule has 0 aliphatic heterocycles. The summed E-state index contributed by atoms with van der Waals surface area (Å²) < 4.78 is 38.3. The largest absolute Gasteiger partial charge is 0.493 e. The Morgan fingerprint density at radius 1 is 0.955 bits per heavy atom. The van der Waals surface area contributed by atoms with Gasteiger partial charge in [-0.2, -0.15) is 12.8 Å². The molecule has 6 heteroatoms. The minimum absolute atomic E-state index is 0.162. The molecule has 0 N–H and O–H groups in total. The summed E-state index contributed by atoms with van der Waals surface area (Å²) >= 11 is 0. The van der Waals surface area contributed by atoms with Crippen molar-refractivity contribution in [3.63, 3.8) is 0 Å². The number of methoxy groups -OCH3 is 2. The first-order valence-corrected chi connectivity index (χ1v) is 7.99. The molecule has 2 rings (SSSR count). The molecule has 0 aliphatic rings. The van der Waals surface area contributed by atoms with E-state index in [1.807, 2.05) is 6.92 Å². The van der Waals surface area contributed by atoms with E-state index in [0.29, 0.717) is 17.1 Å². The molecular weight excluding hydrogens is 302 g/mol. The second kappa shape index (κ2) is 6.62. The molecule has 2 aromatic carbocycles. The molecule has 22 heavy (non-hydrogen) atoms. The molecule has 0 saturated carbocycles. The molecule has 0 unspecified atom stereocenters. The number of nitrogens with zero attached hydrogens (tertiary/aromatic N) is 1. The lowest BCUT2D eigenvalue weighted by atomic mass is 10.2. The minimum Gasteiger partial charge on any atom is -0.493 e. The van der Waals surface area contributed by atoms with Gasteiger partial charge in [0.25, 0.3) is 10.0 Å². The molecular formula is C16H17NO4S. The highest BCUT2D eigenvalue weighted by molar-refractivity contribution is 7.90. The number of sulfonamides is 1. The lowest BCUT2D eigenvalue weighted by Crippen LogP contribution is -1.98. The third kappa shape index (κ3) is 3.65. The fourth-order valence-electron chi connectivity index (χ4n) is 1.83. The van der Waals surface area contributed by atoms with Gasteiger partial charge in [-0.05, 0) is 42.8 Å². The number of benzene rings is 2. The Balaban J connectivity index is 2.29. The van der Waals surface area contributed by atoms with Gasteiger partial charge in [0.2, 0.25) is 0 Å². The molecule has 0 aliphatic carbocycles. The van der Waals surface area contributed by atoms with Crippen molar-refractivity contribution >= 4 is 16.2 Å². The average Bonchev–Trinajstić information content (AvgIpc) is 2.53. The van der Waals surface area contributed by atoms with Gasteiger partial charge in [0.05, 0.1) is 19.1 Å². The van der Waals surface area contributed by atoms with Crippen molar-refractivity contribution in [2.75, 3.05) is 14.2 Å². The number of hydrogen-bond acceptors (Lipinski definition) is 4. The van der Waals surface area contributed by atoms with Crippen LogP contribution in [0.25, 0.3) is 0 Å². The SMILES string of the molecule is COc1ccc(/C=N/S(=O)(=O)c2ccc(C)cc2)cc1OC. The molecule has 5 nitrogen and oxygen atoms in total. The normalized spacial score (nSPS) is 11.6. The van der Waals surface area contributed by atoms with Crippen molar-refractivity contribution < 1.29 is 17.9 Å². The Hall–Kier alpha value is -2.34. The maximum Gasteiger partial charge on any atom is 0.282 e. The van der Waals surface area contributed by atoms with E-state index in [-0.39, 0.29) is 4.90 Å². The van der Waals surface area contributed by atoms with E-state index in [1.54, 1.807) is 30.3 Å². The van der Waals surface area contributed by atoms with Gasteiger partial charge in [0.15, 0.2) is 11.5 Å². The van der Waals surface area contributed by atoms with Crippen molar-refractivity contribution in [2.45, 2.75) is 11.8 Å². The van der Waals surface area contributed by atoms with Crippen LogP contribution in [0.1, 0.15) is 11.1 Å². The van der Waals surface area contributed by atoms with E-state index in [9.17, 15) is 8.42 Å². The van der Waals surface area contributed by atoms with Crippen LogP contribution in [0.15, 0.2) is 51.8 Å². The second-order valence-electron chi connectivity index (χ2n) is 4.64. The quantitative estimate of drug-likeness (QED) is 0.795. The van der Waals surface area contributed by atoms with Crippen LogP contribution in [-0.4, -0.2) is 28.9 Å². The fourth-order valence-corrected chi connectivity index (χ4v) is 2.70. The molecule has 0 bridgehead atoms. The van der Waals surface area contributed by atoms with E-state index in [0.717, 1.165) is 5.56 Å². The van der Waals surface area contributed by atoms with E-state index in [2.05, 4.69) is 4.40 Å². The van der Waals surface area contributed by atoms with Crippen LogP contribution in [-0.2, 0) is 10.0 Å². The highest BCUT2D eigenvalue weighted by Crippen LogP contribution is 2.27. The van der Waals surface area contributed by atoms with Crippen LogP contribution in [0.4, 0.5) is 0 Å². The molecule has 0 radical (unpaired) electrons. The molecule has 0 amide bonds. The van der Waals surface area contributed by atoms with Crippen LogP contribution in [0, 0.1) is 6.92 Å². The first-order valence-electron chi connectivity index (χ1n) is 6.55. The molecule has 0 aromatic heterocycles. The summed E-state index contributed by atoms with van der Waals surface area (Å²) in [6.07, 6.45) is 1.29. The topological polar surface area (TPSA) is 65.0 Å². The molecule has 0 spiro atoms. The minimum atomic E-state index is -3.71. The van der Waals surface area contributed by atoms with E-state index in [1.165, 1.54) is 32.6 Å². The summed E-state index contributed by atoms with van der Waals surface area (Å²) in [5, 5.41) is 0. The summed E-state index contributed by atoms with van der Waals surface area (Å²) in [4.78, 5) is 0.162. The maximum atomic E-state index is 12.1. The summed E-state index contributed by atoms with van der Waals surface area (Å²) in [5.74, 6) is 1.08. The van der Waals surface area contributed by atoms with Crippen molar-refractivity contribution in [1.29, 1.82) is 0 Å². The Bertz CT molecular complexity index is 780. The van der Waals surface area contributed by atoms with E-state index in [4.69, 9.17) is 9.47 Å². The third-order valence-electron chi connectivity index (χ3n) is 3.07. The van der Waals surface area contributed by atoms with Gasteiger partial charge in [0.1, 0.15) is 0 Å². The van der Waals surface area contributed by atoms with Crippen molar-refractivity contribution in [1.82, 2.24) is 0 Å². The highest BCUT2D eigenvalue weighted by atomic mass is 32.2. The van der Waals surface area contributed by atoms with E-state index < -0.39 is 10.0 Å². The predicted octanol–water partition coefficient (Wildman–Crippen LogP) is 2.82. The standard InChI is InChI=1S/C16H17NO4S/c1-12-4-7-14(8-5-12)22(18,19)17-11-13-6-9-15(20-2)16(10-13)21-3/h4-11H,1-3H3/b17-11+. The van der Waals surface area contributed by atoms with Crippen LogP contribution in [0.3, 0.4) is 0 Å². The van der Waals surface area contributed by atoms with Crippen LogP contribution in [0.2, 0.25) is 0 Å². The van der Waals surface area contributed by atoms with Crippen molar-refractivity contribution in [3.8, 4) is 11.5 Å². The first-order chi connectivity index (χ1) is 10.5. The number of hydrogen-bond donors (Lipinski definition) is 0.